The van der Waals surface area contributed by atoms with E-state index in [1.807, 2.05) is 19.1 Å². The van der Waals surface area contributed by atoms with Crippen molar-refractivity contribution in [3.05, 3.63) is 76.6 Å². The van der Waals surface area contributed by atoms with E-state index in [-0.39, 0.29) is 5.82 Å². The maximum atomic E-state index is 14.1. The molecule has 0 saturated heterocycles. The van der Waals surface area contributed by atoms with Crippen LogP contribution >= 0.6 is 0 Å². The van der Waals surface area contributed by atoms with Crippen molar-refractivity contribution in [3.63, 3.8) is 0 Å². The molecule has 0 spiro atoms. The van der Waals surface area contributed by atoms with Gasteiger partial charge in [-0.3, -0.25) is 0 Å². The minimum absolute atomic E-state index is 0.330. The number of allylic oxidation sites excluding steroid dienone is 1. The van der Waals surface area contributed by atoms with E-state index in [1.54, 1.807) is 12.1 Å². The summed E-state index contributed by atoms with van der Waals surface area (Å²) in [6.07, 6.45) is 1.31. The molecule has 0 aliphatic carbocycles. The van der Waals surface area contributed by atoms with Crippen LogP contribution in [0.2, 0.25) is 0 Å². The number of hydrogen-bond donors (Lipinski definition) is 0. The maximum Gasteiger partial charge on any atom is 0.128 e. The number of rotatable bonds is 4. The summed E-state index contributed by atoms with van der Waals surface area (Å²) in [7, 11) is 0. The predicted molar refractivity (Wildman–Crippen MR) is 84.4 cm³/mol. The number of nitriles is 1. The van der Waals surface area contributed by atoms with Gasteiger partial charge in [-0.05, 0) is 42.2 Å². The van der Waals surface area contributed by atoms with Crippen molar-refractivity contribution in [3.8, 4) is 6.07 Å². The van der Waals surface area contributed by atoms with Crippen LogP contribution in [0.25, 0.3) is 5.57 Å². The normalized spacial score (nSPS) is 10.2. The molecule has 106 valence electrons. The van der Waals surface area contributed by atoms with E-state index in [0.717, 1.165) is 23.1 Å². The van der Waals surface area contributed by atoms with Gasteiger partial charge in [0.05, 0.1) is 11.6 Å². The molecule has 0 atom stereocenters. The summed E-state index contributed by atoms with van der Waals surface area (Å²) >= 11 is 0. The molecule has 0 amide bonds. The van der Waals surface area contributed by atoms with Crippen molar-refractivity contribution in [2.45, 2.75) is 26.7 Å². The average molecular weight is 279 g/mol. The fourth-order valence-corrected chi connectivity index (χ4v) is 2.68. The Morgan fingerprint density at radius 1 is 1.19 bits per heavy atom. The average Bonchev–Trinajstić information content (AvgIpc) is 2.48. The van der Waals surface area contributed by atoms with Crippen LogP contribution in [0.3, 0.4) is 0 Å². The molecule has 0 heterocycles. The van der Waals surface area contributed by atoms with Crippen molar-refractivity contribution in [2.75, 3.05) is 0 Å². The van der Waals surface area contributed by atoms with Crippen LogP contribution in [-0.4, -0.2) is 0 Å². The fourth-order valence-electron chi connectivity index (χ4n) is 2.68. The molecule has 21 heavy (non-hydrogen) atoms. The number of aryl methyl sites for hydroxylation is 1. The van der Waals surface area contributed by atoms with Gasteiger partial charge < -0.3 is 0 Å². The highest BCUT2D eigenvalue weighted by Crippen LogP contribution is 2.27. The van der Waals surface area contributed by atoms with Gasteiger partial charge in [-0.2, -0.15) is 5.26 Å². The number of benzene rings is 2. The topological polar surface area (TPSA) is 23.8 Å². The van der Waals surface area contributed by atoms with E-state index in [2.05, 4.69) is 25.6 Å². The zero-order valence-electron chi connectivity index (χ0n) is 12.4. The number of nitrogens with zero attached hydrogens (tertiary/aromatic N) is 1. The molecule has 0 aliphatic heterocycles. The summed E-state index contributed by atoms with van der Waals surface area (Å²) in [5, 5.41) is 9.17. The summed E-state index contributed by atoms with van der Waals surface area (Å²) < 4.78 is 14.1. The van der Waals surface area contributed by atoms with E-state index >= 15 is 0 Å². The Balaban J connectivity index is 2.56. The van der Waals surface area contributed by atoms with Gasteiger partial charge in [0, 0.05) is 12.0 Å². The zero-order valence-corrected chi connectivity index (χ0v) is 12.4. The van der Waals surface area contributed by atoms with E-state index in [0.29, 0.717) is 17.5 Å². The molecule has 0 saturated carbocycles. The highest BCUT2D eigenvalue weighted by molar-refractivity contribution is 5.68. The Morgan fingerprint density at radius 3 is 2.48 bits per heavy atom. The van der Waals surface area contributed by atoms with Crippen molar-refractivity contribution >= 4 is 5.57 Å². The summed E-state index contributed by atoms with van der Waals surface area (Å²) in [6, 6.07) is 12.7. The lowest BCUT2D eigenvalue weighted by molar-refractivity contribution is 0.613. The van der Waals surface area contributed by atoms with Crippen LogP contribution < -0.4 is 0 Å². The van der Waals surface area contributed by atoms with Crippen LogP contribution in [-0.2, 0) is 12.8 Å². The SMILES string of the molecule is C=C(C)c1c(CC)cccc1Cc1c(F)cccc1C#N. The third-order valence-electron chi connectivity index (χ3n) is 3.65. The van der Waals surface area contributed by atoms with Gasteiger partial charge in [0.2, 0.25) is 0 Å². The van der Waals surface area contributed by atoms with Gasteiger partial charge in [-0.25, -0.2) is 4.39 Å². The van der Waals surface area contributed by atoms with Crippen LogP contribution in [0, 0.1) is 17.1 Å². The highest BCUT2D eigenvalue weighted by Gasteiger charge is 2.13. The van der Waals surface area contributed by atoms with Crippen LogP contribution in [0.1, 0.15) is 41.7 Å². The van der Waals surface area contributed by atoms with Crippen molar-refractivity contribution in [1.82, 2.24) is 0 Å². The van der Waals surface area contributed by atoms with Crippen LogP contribution in [0.5, 0.6) is 0 Å². The largest absolute Gasteiger partial charge is 0.207 e. The Bertz CT molecular complexity index is 723. The molecule has 1 nitrogen and oxygen atoms in total. The Kier molecular flexibility index (Phi) is 4.55. The van der Waals surface area contributed by atoms with E-state index in [1.165, 1.54) is 11.6 Å². The van der Waals surface area contributed by atoms with Crippen LogP contribution in [0.4, 0.5) is 4.39 Å². The third-order valence-corrected chi connectivity index (χ3v) is 3.65. The van der Waals surface area contributed by atoms with Gasteiger partial charge in [-0.15, -0.1) is 0 Å². The number of halogens is 1. The smallest absolute Gasteiger partial charge is 0.128 e. The Labute approximate surface area is 125 Å². The molecule has 2 aromatic carbocycles. The second-order valence-corrected chi connectivity index (χ2v) is 5.14. The minimum Gasteiger partial charge on any atom is -0.207 e. The zero-order chi connectivity index (χ0) is 15.4. The molecule has 0 N–H and O–H groups in total. The number of hydrogen-bond acceptors (Lipinski definition) is 1. The monoisotopic (exact) mass is 279 g/mol. The molecule has 2 aromatic rings. The summed E-state index contributed by atoms with van der Waals surface area (Å²) in [6.45, 7) is 8.10. The first-order chi connectivity index (χ1) is 10.1. The van der Waals surface area contributed by atoms with Crippen molar-refractivity contribution in [1.29, 1.82) is 5.26 Å². The molecule has 0 bridgehead atoms. The lowest BCUT2D eigenvalue weighted by Crippen LogP contribution is -2.02. The van der Waals surface area contributed by atoms with E-state index in [9.17, 15) is 4.39 Å². The lowest BCUT2D eigenvalue weighted by atomic mass is 9.90. The summed E-state index contributed by atoms with van der Waals surface area (Å²) in [5.41, 5.74) is 5.13. The van der Waals surface area contributed by atoms with Gasteiger partial charge >= 0.3 is 0 Å². The predicted octanol–water partition coefficient (Wildman–Crippen LogP) is 4.88. The first kappa shape index (κ1) is 15.0. The standard InChI is InChI=1S/C19H18FN/c1-4-14-7-5-8-15(19(14)13(2)3)11-17-16(12-21)9-6-10-18(17)20/h5-10H,2,4,11H2,1,3H3. The molecule has 0 fully saturated rings. The molecular weight excluding hydrogens is 261 g/mol. The molecule has 2 rings (SSSR count). The lowest BCUT2D eigenvalue weighted by Gasteiger charge is -2.15. The maximum absolute atomic E-state index is 14.1. The Morgan fingerprint density at radius 2 is 1.86 bits per heavy atom. The quantitative estimate of drug-likeness (QED) is 0.782. The minimum atomic E-state index is -0.330. The molecule has 0 unspecified atom stereocenters. The second-order valence-electron chi connectivity index (χ2n) is 5.14. The molecular formula is C19H18FN. The Hall–Kier alpha value is -2.40. The first-order valence-corrected chi connectivity index (χ1v) is 7.02. The summed E-state index contributed by atoms with van der Waals surface area (Å²) in [5.74, 6) is -0.330. The molecule has 0 aromatic heterocycles. The van der Waals surface area contributed by atoms with E-state index < -0.39 is 0 Å². The molecule has 0 radical (unpaired) electrons. The van der Waals surface area contributed by atoms with Gasteiger partial charge in [-0.1, -0.05) is 43.3 Å². The van der Waals surface area contributed by atoms with Crippen molar-refractivity contribution in [2.24, 2.45) is 0 Å². The molecule has 0 aliphatic rings. The highest BCUT2D eigenvalue weighted by atomic mass is 19.1. The first-order valence-electron chi connectivity index (χ1n) is 7.02. The van der Waals surface area contributed by atoms with Crippen LogP contribution in [0.15, 0.2) is 43.0 Å². The van der Waals surface area contributed by atoms with Gasteiger partial charge in [0.1, 0.15) is 5.82 Å². The van der Waals surface area contributed by atoms with Crippen molar-refractivity contribution < 1.29 is 4.39 Å². The van der Waals surface area contributed by atoms with Gasteiger partial charge in [0.15, 0.2) is 0 Å². The summed E-state index contributed by atoms with van der Waals surface area (Å²) in [4.78, 5) is 0. The molecule has 2 heteroatoms. The third kappa shape index (κ3) is 3.03. The fraction of sp³-hybridized carbons (Fsp3) is 0.211. The van der Waals surface area contributed by atoms with Gasteiger partial charge in [0.25, 0.3) is 0 Å². The van der Waals surface area contributed by atoms with E-state index in [4.69, 9.17) is 5.26 Å². The second kappa shape index (κ2) is 6.37.